The Morgan fingerprint density at radius 2 is 2.00 bits per heavy atom. The van der Waals surface area contributed by atoms with Crippen LogP contribution in [0.25, 0.3) is 0 Å². The number of rotatable bonds is 2. The van der Waals surface area contributed by atoms with Gasteiger partial charge in [0.1, 0.15) is 11.4 Å². The van der Waals surface area contributed by atoms with Gasteiger partial charge in [-0.1, -0.05) is 24.8 Å². The van der Waals surface area contributed by atoms with E-state index in [1.54, 1.807) is 7.11 Å². The summed E-state index contributed by atoms with van der Waals surface area (Å²) in [5.74, 6) is 7.14. The molecule has 4 rings (SSSR count). The predicted molar refractivity (Wildman–Crippen MR) is 100 cm³/mol. The molecule has 1 aliphatic carbocycles. The van der Waals surface area contributed by atoms with Crippen molar-refractivity contribution in [3.63, 3.8) is 0 Å². The van der Waals surface area contributed by atoms with Gasteiger partial charge in [0, 0.05) is 24.6 Å². The molecule has 0 radical (unpaired) electrons. The van der Waals surface area contributed by atoms with Crippen LogP contribution < -0.4 is 4.74 Å². The molecule has 1 saturated carbocycles. The van der Waals surface area contributed by atoms with Gasteiger partial charge in [0.15, 0.2) is 0 Å². The van der Waals surface area contributed by atoms with Gasteiger partial charge in [-0.25, -0.2) is 4.98 Å². The van der Waals surface area contributed by atoms with E-state index in [2.05, 4.69) is 21.7 Å². The number of fused-ring (bicyclic) bond motifs is 1. The molecule has 26 heavy (non-hydrogen) atoms. The van der Waals surface area contributed by atoms with Gasteiger partial charge in [-0.15, -0.1) is 0 Å². The summed E-state index contributed by atoms with van der Waals surface area (Å²) in [4.78, 5) is 19.5. The molecule has 0 atom stereocenters. The summed E-state index contributed by atoms with van der Waals surface area (Å²) in [6.07, 6.45) is 5.56. The Hall–Kier alpha value is -2.80. The van der Waals surface area contributed by atoms with Crippen LogP contribution in [0, 0.1) is 11.8 Å². The van der Waals surface area contributed by atoms with Crippen molar-refractivity contribution in [2.45, 2.75) is 38.1 Å². The Kier molecular flexibility index (Phi) is 4.62. The van der Waals surface area contributed by atoms with Crippen LogP contribution in [0.5, 0.6) is 5.75 Å². The first-order valence-electron chi connectivity index (χ1n) is 9.21. The molecule has 4 nitrogen and oxygen atoms in total. The number of methoxy groups -OCH3 is 1. The molecular weight excluding hydrogens is 324 g/mol. The molecule has 0 unspecified atom stereocenters. The highest BCUT2D eigenvalue weighted by atomic mass is 16.5. The predicted octanol–water partition coefficient (Wildman–Crippen LogP) is 3.43. The fraction of sp³-hybridized carbons (Fsp3) is 0.364. The number of carbonyl (C=O) groups excluding carboxylic acids is 1. The third-order valence-corrected chi connectivity index (χ3v) is 5.23. The second kappa shape index (κ2) is 7.21. The van der Waals surface area contributed by atoms with E-state index in [4.69, 9.17) is 4.74 Å². The summed E-state index contributed by atoms with van der Waals surface area (Å²) in [5.41, 5.74) is 3.21. The molecule has 2 aromatic rings. The summed E-state index contributed by atoms with van der Waals surface area (Å²) in [6, 6.07) is 11.8. The zero-order valence-electron chi connectivity index (χ0n) is 15.0. The molecule has 1 fully saturated rings. The molecule has 2 heterocycles. The average molecular weight is 346 g/mol. The van der Waals surface area contributed by atoms with Crippen molar-refractivity contribution in [3.05, 3.63) is 58.9 Å². The van der Waals surface area contributed by atoms with E-state index in [-0.39, 0.29) is 5.91 Å². The number of aromatic nitrogens is 1. The lowest BCUT2D eigenvalue weighted by Crippen LogP contribution is -2.43. The molecule has 0 N–H and O–H groups in total. The zero-order valence-corrected chi connectivity index (χ0v) is 15.0. The van der Waals surface area contributed by atoms with Crippen LogP contribution in [0.15, 0.2) is 36.4 Å². The summed E-state index contributed by atoms with van der Waals surface area (Å²) < 4.78 is 5.22. The van der Waals surface area contributed by atoms with E-state index in [1.165, 1.54) is 12.8 Å². The molecule has 1 amide bonds. The summed E-state index contributed by atoms with van der Waals surface area (Å²) in [7, 11) is 1.64. The van der Waals surface area contributed by atoms with Gasteiger partial charge in [0.25, 0.3) is 5.91 Å². The van der Waals surface area contributed by atoms with E-state index in [0.717, 1.165) is 48.4 Å². The molecule has 0 saturated heterocycles. The van der Waals surface area contributed by atoms with Gasteiger partial charge in [0.2, 0.25) is 0 Å². The molecule has 4 heteroatoms. The number of carbonyl (C=O) groups is 1. The lowest BCUT2D eigenvalue weighted by molar-refractivity contribution is 0.0661. The molecular formula is C22H22N2O2. The van der Waals surface area contributed by atoms with Crippen LogP contribution in [0.1, 0.15) is 53.0 Å². The number of benzene rings is 1. The normalized spacial score (nSPS) is 16.8. The van der Waals surface area contributed by atoms with E-state index in [0.29, 0.717) is 11.7 Å². The van der Waals surface area contributed by atoms with Gasteiger partial charge < -0.3 is 9.64 Å². The minimum atomic E-state index is 0.137. The SMILES string of the molecule is COc1cccc(C#Cc2ccc3c(n2)CCN(C2CCCC2)C3=O)c1. The number of ether oxygens (including phenoxy) is 1. The fourth-order valence-electron chi connectivity index (χ4n) is 3.84. The van der Waals surface area contributed by atoms with Crippen molar-refractivity contribution in [1.82, 2.24) is 9.88 Å². The van der Waals surface area contributed by atoms with Crippen LogP contribution in [-0.2, 0) is 6.42 Å². The van der Waals surface area contributed by atoms with Gasteiger partial charge in [-0.05, 0) is 49.1 Å². The highest BCUT2D eigenvalue weighted by molar-refractivity contribution is 5.96. The van der Waals surface area contributed by atoms with Crippen LogP contribution in [0.4, 0.5) is 0 Å². The van der Waals surface area contributed by atoms with Crippen molar-refractivity contribution >= 4 is 5.91 Å². The fourth-order valence-corrected chi connectivity index (χ4v) is 3.84. The van der Waals surface area contributed by atoms with Crippen molar-refractivity contribution in [3.8, 4) is 17.6 Å². The standard InChI is InChI=1S/C22H22N2O2/c1-26-19-8-4-5-16(15-19)9-10-17-11-12-20-21(23-17)13-14-24(22(20)25)18-6-2-3-7-18/h4-5,8,11-12,15,18H,2-3,6-7,13-14H2,1H3. The lowest BCUT2D eigenvalue weighted by Gasteiger charge is -2.33. The van der Waals surface area contributed by atoms with Crippen molar-refractivity contribution in [2.24, 2.45) is 0 Å². The monoisotopic (exact) mass is 346 g/mol. The average Bonchev–Trinajstić information content (AvgIpc) is 3.21. The first kappa shape index (κ1) is 16.7. The number of hydrogen-bond donors (Lipinski definition) is 0. The summed E-state index contributed by atoms with van der Waals surface area (Å²) >= 11 is 0. The van der Waals surface area contributed by atoms with Crippen LogP contribution >= 0.6 is 0 Å². The summed E-state index contributed by atoms with van der Waals surface area (Å²) in [5, 5.41) is 0. The minimum Gasteiger partial charge on any atom is -0.497 e. The maximum Gasteiger partial charge on any atom is 0.255 e. The first-order chi connectivity index (χ1) is 12.7. The topological polar surface area (TPSA) is 42.4 Å². The number of amides is 1. The molecule has 2 aliphatic rings. The highest BCUT2D eigenvalue weighted by Crippen LogP contribution is 2.28. The highest BCUT2D eigenvalue weighted by Gasteiger charge is 2.32. The lowest BCUT2D eigenvalue weighted by atomic mass is 10.0. The van der Waals surface area contributed by atoms with Gasteiger partial charge in [-0.2, -0.15) is 0 Å². The first-order valence-corrected chi connectivity index (χ1v) is 9.21. The molecule has 1 aromatic carbocycles. The number of nitrogens with zero attached hydrogens (tertiary/aromatic N) is 2. The number of hydrogen-bond acceptors (Lipinski definition) is 3. The van der Waals surface area contributed by atoms with E-state index < -0.39 is 0 Å². The third kappa shape index (κ3) is 3.30. The van der Waals surface area contributed by atoms with Crippen LogP contribution in [-0.4, -0.2) is 35.5 Å². The molecule has 1 aromatic heterocycles. The largest absolute Gasteiger partial charge is 0.497 e. The molecule has 1 aliphatic heterocycles. The number of pyridine rings is 1. The maximum atomic E-state index is 12.8. The minimum absolute atomic E-state index is 0.137. The Bertz CT molecular complexity index is 889. The third-order valence-electron chi connectivity index (χ3n) is 5.23. The smallest absolute Gasteiger partial charge is 0.255 e. The Labute approximate surface area is 154 Å². The second-order valence-corrected chi connectivity index (χ2v) is 6.86. The molecule has 132 valence electrons. The van der Waals surface area contributed by atoms with Gasteiger partial charge >= 0.3 is 0 Å². The Morgan fingerprint density at radius 3 is 2.81 bits per heavy atom. The quantitative estimate of drug-likeness (QED) is 0.783. The zero-order chi connectivity index (χ0) is 17.9. The van der Waals surface area contributed by atoms with Gasteiger partial charge in [0.05, 0.1) is 18.4 Å². The van der Waals surface area contributed by atoms with E-state index in [9.17, 15) is 4.79 Å². The second-order valence-electron chi connectivity index (χ2n) is 6.86. The van der Waals surface area contributed by atoms with E-state index >= 15 is 0 Å². The molecule has 0 bridgehead atoms. The van der Waals surface area contributed by atoms with Crippen LogP contribution in [0.2, 0.25) is 0 Å². The molecule has 0 spiro atoms. The maximum absolute atomic E-state index is 12.8. The van der Waals surface area contributed by atoms with Gasteiger partial charge in [-0.3, -0.25) is 4.79 Å². The van der Waals surface area contributed by atoms with Crippen molar-refractivity contribution < 1.29 is 9.53 Å². The Balaban J connectivity index is 1.55. The van der Waals surface area contributed by atoms with Crippen LogP contribution in [0.3, 0.4) is 0 Å². The Morgan fingerprint density at radius 1 is 1.15 bits per heavy atom. The van der Waals surface area contributed by atoms with Crippen molar-refractivity contribution in [1.29, 1.82) is 0 Å². The van der Waals surface area contributed by atoms with E-state index in [1.807, 2.05) is 36.4 Å². The summed E-state index contributed by atoms with van der Waals surface area (Å²) in [6.45, 7) is 0.774. The van der Waals surface area contributed by atoms with Crippen molar-refractivity contribution in [2.75, 3.05) is 13.7 Å².